The van der Waals surface area contributed by atoms with E-state index in [9.17, 15) is 9.59 Å². The first-order valence-corrected chi connectivity index (χ1v) is 4.81. The van der Waals surface area contributed by atoms with Gasteiger partial charge in [-0.25, -0.2) is 0 Å². The van der Waals surface area contributed by atoms with Crippen molar-refractivity contribution < 1.29 is 9.59 Å². The molecule has 0 radical (unpaired) electrons. The number of hydrogen-bond donors (Lipinski definition) is 3. The molecule has 0 aromatic carbocycles. The molecule has 1 heterocycles. The fourth-order valence-electron chi connectivity index (χ4n) is 1.08. The minimum Gasteiger partial charge on any atom is -0.346 e. The standard InChI is InChI=1S/C10H14N4O2.2ClH/c1-7-4-8(2-3-12-7)14-10(16)6-13-9(15)5-11;;/h2-4H,5-6,11H2,1H3,(H,13,15)(H,12,14,16);2*1H. The highest BCUT2D eigenvalue weighted by atomic mass is 35.5. The van der Waals surface area contributed by atoms with Crippen LogP contribution in [0.4, 0.5) is 5.69 Å². The summed E-state index contributed by atoms with van der Waals surface area (Å²) >= 11 is 0. The Balaban J connectivity index is 0. The fraction of sp³-hybridized carbons (Fsp3) is 0.300. The second kappa shape index (κ2) is 9.64. The molecule has 0 atom stereocenters. The lowest BCUT2D eigenvalue weighted by molar-refractivity contribution is -0.123. The summed E-state index contributed by atoms with van der Waals surface area (Å²) in [5, 5.41) is 5.00. The van der Waals surface area contributed by atoms with Crippen molar-refractivity contribution in [3.05, 3.63) is 24.0 Å². The van der Waals surface area contributed by atoms with Gasteiger partial charge in [0.25, 0.3) is 0 Å². The predicted molar refractivity (Wildman–Crippen MR) is 74.2 cm³/mol. The Morgan fingerprint density at radius 2 is 2.00 bits per heavy atom. The maximum atomic E-state index is 11.4. The Bertz CT molecular complexity index is 401. The molecule has 0 saturated heterocycles. The Labute approximate surface area is 118 Å². The van der Waals surface area contributed by atoms with Crippen LogP contribution in [0.15, 0.2) is 18.3 Å². The first-order chi connectivity index (χ1) is 7.61. The summed E-state index contributed by atoms with van der Waals surface area (Å²) < 4.78 is 0. The molecule has 0 spiro atoms. The molecule has 0 fully saturated rings. The molecule has 4 N–H and O–H groups in total. The van der Waals surface area contributed by atoms with Gasteiger partial charge in [-0.3, -0.25) is 14.6 Å². The fourth-order valence-corrected chi connectivity index (χ4v) is 1.08. The minimum absolute atomic E-state index is 0. The number of rotatable bonds is 4. The number of anilines is 1. The third-order valence-electron chi connectivity index (χ3n) is 1.81. The topological polar surface area (TPSA) is 97.1 Å². The third kappa shape index (κ3) is 7.05. The van der Waals surface area contributed by atoms with Crippen LogP contribution >= 0.6 is 24.8 Å². The molecule has 0 unspecified atom stereocenters. The Kier molecular flexibility index (Phi) is 10.2. The van der Waals surface area contributed by atoms with Gasteiger partial charge in [-0.2, -0.15) is 0 Å². The van der Waals surface area contributed by atoms with Crippen molar-refractivity contribution in [3.8, 4) is 0 Å². The number of nitrogens with two attached hydrogens (primary N) is 1. The number of hydrogen-bond acceptors (Lipinski definition) is 4. The van der Waals surface area contributed by atoms with E-state index in [1.54, 1.807) is 18.3 Å². The molecule has 0 saturated carbocycles. The third-order valence-corrected chi connectivity index (χ3v) is 1.81. The van der Waals surface area contributed by atoms with E-state index in [2.05, 4.69) is 15.6 Å². The number of pyridine rings is 1. The van der Waals surface area contributed by atoms with E-state index in [1.807, 2.05) is 6.92 Å². The van der Waals surface area contributed by atoms with Crippen molar-refractivity contribution in [2.75, 3.05) is 18.4 Å². The van der Waals surface area contributed by atoms with Gasteiger partial charge in [0.15, 0.2) is 0 Å². The molecular formula is C10H16Cl2N4O2. The highest BCUT2D eigenvalue weighted by Gasteiger charge is 2.04. The summed E-state index contributed by atoms with van der Waals surface area (Å²) in [5.74, 6) is -0.659. The maximum Gasteiger partial charge on any atom is 0.243 e. The molecule has 8 heteroatoms. The highest BCUT2D eigenvalue weighted by molar-refractivity contribution is 5.94. The van der Waals surface area contributed by atoms with E-state index < -0.39 is 0 Å². The molecule has 1 rings (SSSR count). The molecule has 18 heavy (non-hydrogen) atoms. The minimum atomic E-state index is -0.360. The molecule has 0 aliphatic carbocycles. The zero-order valence-corrected chi connectivity index (χ0v) is 11.4. The van der Waals surface area contributed by atoms with Crippen LogP contribution in [0.1, 0.15) is 5.69 Å². The highest BCUT2D eigenvalue weighted by Crippen LogP contribution is 2.06. The first kappa shape index (κ1) is 19.0. The monoisotopic (exact) mass is 294 g/mol. The van der Waals surface area contributed by atoms with Gasteiger partial charge < -0.3 is 16.4 Å². The average molecular weight is 295 g/mol. The molecule has 1 aromatic heterocycles. The molecule has 0 aliphatic rings. The molecule has 102 valence electrons. The van der Waals surface area contributed by atoms with Crippen molar-refractivity contribution in [1.29, 1.82) is 0 Å². The summed E-state index contributed by atoms with van der Waals surface area (Å²) in [5.41, 5.74) is 6.54. The van der Waals surface area contributed by atoms with Gasteiger partial charge >= 0.3 is 0 Å². The molecule has 0 aliphatic heterocycles. The number of nitrogens with one attached hydrogen (secondary N) is 2. The van der Waals surface area contributed by atoms with Crippen LogP contribution in [0, 0.1) is 6.92 Å². The van der Waals surface area contributed by atoms with Crippen molar-refractivity contribution in [2.45, 2.75) is 6.92 Å². The van der Waals surface area contributed by atoms with Crippen molar-refractivity contribution in [2.24, 2.45) is 5.73 Å². The SMILES string of the molecule is Cc1cc(NC(=O)CNC(=O)CN)ccn1.Cl.Cl. The molecule has 2 amide bonds. The number of aromatic nitrogens is 1. The van der Waals surface area contributed by atoms with Gasteiger partial charge in [-0.1, -0.05) is 0 Å². The van der Waals surface area contributed by atoms with Crippen molar-refractivity contribution in [1.82, 2.24) is 10.3 Å². The Morgan fingerprint density at radius 3 is 2.56 bits per heavy atom. The van der Waals surface area contributed by atoms with E-state index in [-0.39, 0.29) is 49.7 Å². The van der Waals surface area contributed by atoms with Gasteiger partial charge in [0.2, 0.25) is 11.8 Å². The summed E-state index contributed by atoms with van der Waals surface area (Å²) in [6.07, 6.45) is 1.60. The lowest BCUT2D eigenvalue weighted by Crippen LogP contribution is -2.36. The summed E-state index contributed by atoms with van der Waals surface area (Å²) in [6.45, 7) is 1.62. The van der Waals surface area contributed by atoms with Crippen LogP contribution in [0.3, 0.4) is 0 Å². The lowest BCUT2D eigenvalue weighted by atomic mass is 10.3. The smallest absolute Gasteiger partial charge is 0.243 e. The van der Waals surface area contributed by atoms with Gasteiger partial charge in [0.05, 0.1) is 13.1 Å². The van der Waals surface area contributed by atoms with E-state index in [1.165, 1.54) is 0 Å². The first-order valence-electron chi connectivity index (χ1n) is 4.81. The number of nitrogens with zero attached hydrogens (tertiary/aromatic N) is 1. The van der Waals surface area contributed by atoms with Crippen molar-refractivity contribution in [3.63, 3.8) is 0 Å². The van der Waals surface area contributed by atoms with Crippen LogP contribution in [0.5, 0.6) is 0 Å². The second-order valence-corrected chi connectivity index (χ2v) is 3.21. The van der Waals surface area contributed by atoms with Gasteiger partial charge in [-0.05, 0) is 19.1 Å². The maximum absolute atomic E-state index is 11.4. The van der Waals surface area contributed by atoms with E-state index in [0.29, 0.717) is 5.69 Å². The van der Waals surface area contributed by atoms with Crippen LogP contribution < -0.4 is 16.4 Å². The van der Waals surface area contributed by atoms with E-state index >= 15 is 0 Å². The Morgan fingerprint density at radius 1 is 1.33 bits per heavy atom. The largest absolute Gasteiger partial charge is 0.346 e. The number of amides is 2. The summed E-state index contributed by atoms with van der Waals surface area (Å²) in [7, 11) is 0. The van der Waals surface area contributed by atoms with Gasteiger partial charge in [0.1, 0.15) is 0 Å². The molecule has 1 aromatic rings. The second-order valence-electron chi connectivity index (χ2n) is 3.21. The average Bonchev–Trinajstić information content (AvgIpc) is 2.26. The summed E-state index contributed by atoms with van der Waals surface area (Å²) in [4.78, 5) is 26.2. The zero-order valence-electron chi connectivity index (χ0n) is 9.80. The van der Waals surface area contributed by atoms with Crippen LogP contribution in [-0.4, -0.2) is 29.9 Å². The Hall–Kier alpha value is -1.37. The van der Waals surface area contributed by atoms with Crippen LogP contribution in [0.2, 0.25) is 0 Å². The van der Waals surface area contributed by atoms with E-state index in [4.69, 9.17) is 5.73 Å². The summed E-state index contributed by atoms with van der Waals surface area (Å²) in [6, 6.07) is 3.41. The zero-order chi connectivity index (χ0) is 12.0. The van der Waals surface area contributed by atoms with Gasteiger partial charge in [-0.15, -0.1) is 24.8 Å². The van der Waals surface area contributed by atoms with E-state index in [0.717, 1.165) is 5.69 Å². The van der Waals surface area contributed by atoms with Crippen molar-refractivity contribution >= 4 is 42.3 Å². The number of carbonyl (C=O) groups excluding carboxylic acids is 2. The number of halogens is 2. The molecule has 0 bridgehead atoms. The van der Waals surface area contributed by atoms with Gasteiger partial charge in [0, 0.05) is 17.6 Å². The van der Waals surface area contributed by atoms with Crippen LogP contribution in [0.25, 0.3) is 0 Å². The quantitative estimate of drug-likeness (QED) is 0.741. The normalized spacial score (nSPS) is 8.56. The lowest BCUT2D eigenvalue weighted by Gasteiger charge is -2.06. The van der Waals surface area contributed by atoms with Crippen LogP contribution in [-0.2, 0) is 9.59 Å². The molecular weight excluding hydrogens is 279 g/mol. The molecule has 6 nitrogen and oxygen atoms in total. The number of carbonyl (C=O) groups is 2. The number of aryl methyl sites for hydroxylation is 1. The predicted octanol–water partition coefficient (Wildman–Crippen LogP) is 0.247.